The van der Waals surface area contributed by atoms with Crippen LogP contribution >= 0.6 is 27.1 Å². The molecule has 3 rings (SSSR count). The van der Waals surface area contributed by atoms with Crippen LogP contribution in [0.4, 0.5) is 9.18 Å². The highest BCUT2D eigenvalue weighted by Gasteiger charge is 2.32. The molecular weight excluding hydrogens is 422 g/mol. The van der Waals surface area contributed by atoms with Crippen molar-refractivity contribution >= 4 is 43.4 Å². The number of pyridine rings is 1. The molecule has 150 valence electrons. The van der Waals surface area contributed by atoms with Crippen molar-refractivity contribution < 1.29 is 13.9 Å². The van der Waals surface area contributed by atoms with Gasteiger partial charge in [0.15, 0.2) is 5.82 Å². The lowest BCUT2D eigenvalue weighted by Gasteiger charge is -2.27. The standard InChI is InChI=1S/C22H23FNO2P3/c1-22(2,29-21(25)26-13-14-6-4-3-5-7-14)18-17(28)12-24-20(19(18)23)15-8-10-16(27)11-9-15/h3-12,29H,13,27-28H2,1-2H3. The van der Waals surface area contributed by atoms with Gasteiger partial charge in [-0.05, 0) is 16.2 Å². The molecule has 3 nitrogen and oxygen atoms in total. The van der Waals surface area contributed by atoms with Gasteiger partial charge >= 0.3 is 5.71 Å². The maximum Gasteiger partial charge on any atom is 0.324 e. The Morgan fingerprint density at radius 2 is 1.76 bits per heavy atom. The Labute approximate surface area is 177 Å². The van der Waals surface area contributed by atoms with E-state index in [-0.39, 0.29) is 26.6 Å². The Hall–Kier alpha value is -1.72. The predicted octanol–water partition coefficient (Wildman–Crippen LogP) is 5.14. The highest BCUT2D eigenvalue weighted by molar-refractivity contribution is 7.58. The number of ether oxygens (including phenoxy) is 1. The fraction of sp³-hybridized carbons (Fsp3) is 0.182. The Kier molecular flexibility index (Phi) is 7.12. The zero-order chi connectivity index (χ0) is 21.0. The molecule has 0 aliphatic heterocycles. The Morgan fingerprint density at radius 1 is 1.10 bits per heavy atom. The second-order valence-corrected chi connectivity index (χ2v) is 10.4. The minimum atomic E-state index is -0.729. The summed E-state index contributed by atoms with van der Waals surface area (Å²) in [6.07, 6.45) is 1.63. The van der Waals surface area contributed by atoms with Gasteiger partial charge in [0.05, 0.1) is 0 Å². The number of hydrogen-bond acceptors (Lipinski definition) is 3. The summed E-state index contributed by atoms with van der Waals surface area (Å²) in [5.74, 6) is -0.401. The van der Waals surface area contributed by atoms with Gasteiger partial charge in [0.1, 0.15) is 12.3 Å². The topological polar surface area (TPSA) is 39.2 Å². The molecule has 3 aromatic rings. The Morgan fingerprint density at radius 3 is 2.41 bits per heavy atom. The van der Waals surface area contributed by atoms with E-state index in [1.165, 1.54) is 0 Å². The minimum Gasteiger partial charge on any atom is -0.458 e. The fourth-order valence-corrected chi connectivity index (χ4v) is 4.99. The van der Waals surface area contributed by atoms with Gasteiger partial charge in [-0.25, -0.2) is 9.18 Å². The Bertz CT molecular complexity index is 1010. The number of carbonyl (C=O) groups excluding carboxylic acids is 1. The lowest BCUT2D eigenvalue weighted by molar-refractivity contribution is 0.167. The SMILES string of the molecule is CC(C)(PC(=O)OCc1ccccc1)c1c(P)cnc(-c2ccc(P)cc2)c1F. The summed E-state index contributed by atoms with van der Waals surface area (Å²) >= 11 is 0. The molecule has 1 aromatic heterocycles. The first-order chi connectivity index (χ1) is 13.8. The molecule has 0 aliphatic rings. The summed E-state index contributed by atoms with van der Waals surface area (Å²) in [4.78, 5) is 16.8. The second kappa shape index (κ2) is 9.40. The van der Waals surface area contributed by atoms with Gasteiger partial charge in [0.2, 0.25) is 0 Å². The van der Waals surface area contributed by atoms with Crippen molar-refractivity contribution in [1.82, 2.24) is 4.98 Å². The molecule has 29 heavy (non-hydrogen) atoms. The quantitative estimate of drug-likeness (QED) is 0.494. The fourth-order valence-electron chi connectivity index (χ4n) is 3.05. The zero-order valence-electron chi connectivity index (χ0n) is 16.3. The van der Waals surface area contributed by atoms with E-state index >= 15 is 4.39 Å². The van der Waals surface area contributed by atoms with Crippen LogP contribution in [0.3, 0.4) is 0 Å². The monoisotopic (exact) mass is 445 g/mol. The van der Waals surface area contributed by atoms with Crippen LogP contribution in [-0.2, 0) is 16.5 Å². The van der Waals surface area contributed by atoms with Gasteiger partial charge in [0.25, 0.3) is 0 Å². The van der Waals surface area contributed by atoms with Gasteiger partial charge < -0.3 is 4.74 Å². The molecule has 7 heteroatoms. The third-order valence-electron chi connectivity index (χ3n) is 4.49. The van der Waals surface area contributed by atoms with Gasteiger partial charge in [-0.3, -0.25) is 4.98 Å². The van der Waals surface area contributed by atoms with Crippen molar-refractivity contribution in [2.75, 3.05) is 0 Å². The first-order valence-electron chi connectivity index (χ1n) is 9.07. The lowest BCUT2D eigenvalue weighted by atomic mass is 9.99. The van der Waals surface area contributed by atoms with Crippen LogP contribution in [0, 0.1) is 5.82 Å². The number of nitrogens with zero attached hydrogens (tertiary/aromatic N) is 1. The summed E-state index contributed by atoms with van der Waals surface area (Å²) < 4.78 is 20.9. The van der Waals surface area contributed by atoms with E-state index in [0.717, 1.165) is 10.9 Å². The van der Waals surface area contributed by atoms with Crippen molar-refractivity contribution in [2.24, 2.45) is 0 Å². The average Bonchev–Trinajstić information content (AvgIpc) is 2.68. The summed E-state index contributed by atoms with van der Waals surface area (Å²) in [6, 6.07) is 17.0. The van der Waals surface area contributed by atoms with E-state index in [2.05, 4.69) is 23.5 Å². The minimum absolute atomic E-state index is 0.210. The summed E-state index contributed by atoms with van der Waals surface area (Å²) in [6.45, 7) is 3.93. The van der Waals surface area contributed by atoms with Gasteiger partial charge in [-0.15, -0.1) is 18.5 Å². The van der Waals surface area contributed by atoms with Gasteiger partial charge in [-0.2, -0.15) is 0 Å². The largest absolute Gasteiger partial charge is 0.458 e. The molecule has 0 saturated carbocycles. The van der Waals surface area contributed by atoms with E-state index in [0.29, 0.717) is 16.4 Å². The van der Waals surface area contributed by atoms with Crippen LogP contribution in [0.2, 0.25) is 0 Å². The molecule has 3 atom stereocenters. The number of carbonyl (C=O) groups is 1. The first kappa shape index (κ1) is 22.0. The van der Waals surface area contributed by atoms with Gasteiger partial charge in [0, 0.05) is 31.1 Å². The highest BCUT2D eigenvalue weighted by Crippen LogP contribution is 2.44. The van der Waals surface area contributed by atoms with Crippen molar-refractivity contribution in [3.8, 4) is 11.3 Å². The van der Waals surface area contributed by atoms with E-state index in [4.69, 9.17) is 4.74 Å². The lowest BCUT2D eigenvalue weighted by Crippen LogP contribution is -2.23. The van der Waals surface area contributed by atoms with E-state index in [1.807, 2.05) is 68.4 Å². The normalized spacial score (nSPS) is 11.8. The van der Waals surface area contributed by atoms with Crippen LogP contribution in [0.15, 0.2) is 60.8 Å². The molecule has 3 unspecified atom stereocenters. The van der Waals surface area contributed by atoms with Gasteiger partial charge in [-0.1, -0.05) is 68.4 Å². The molecule has 0 N–H and O–H groups in total. The van der Waals surface area contributed by atoms with Crippen molar-refractivity contribution in [2.45, 2.75) is 25.6 Å². The third kappa shape index (κ3) is 5.46. The van der Waals surface area contributed by atoms with Crippen LogP contribution < -0.4 is 10.6 Å². The number of hydrogen-bond donors (Lipinski definition) is 0. The molecule has 2 aromatic carbocycles. The third-order valence-corrected chi connectivity index (χ3v) is 6.53. The molecule has 0 amide bonds. The Balaban J connectivity index is 1.82. The van der Waals surface area contributed by atoms with E-state index < -0.39 is 11.0 Å². The number of halogens is 1. The first-order valence-corrected chi connectivity index (χ1v) is 11.2. The summed E-state index contributed by atoms with van der Waals surface area (Å²) in [5.41, 5.74) is 2.04. The molecule has 1 heterocycles. The molecule has 0 spiro atoms. The molecule has 0 aliphatic carbocycles. The summed E-state index contributed by atoms with van der Waals surface area (Å²) in [7, 11) is 4.90. The zero-order valence-corrected chi connectivity index (χ0v) is 19.6. The van der Waals surface area contributed by atoms with Crippen molar-refractivity contribution in [1.29, 1.82) is 0 Å². The molecule has 0 saturated heterocycles. The molecule has 0 bridgehead atoms. The van der Waals surface area contributed by atoms with Crippen LogP contribution in [0.1, 0.15) is 25.0 Å². The second-order valence-electron chi connectivity index (χ2n) is 7.18. The molecule has 0 fully saturated rings. The van der Waals surface area contributed by atoms with Crippen molar-refractivity contribution in [3.05, 3.63) is 77.7 Å². The van der Waals surface area contributed by atoms with Crippen LogP contribution in [-0.4, -0.2) is 10.7 Å². The average molecular weight is 445 g/mol. The highest BCUT2D eigenvalue weighted by atomic mass is 31.1. The van der Waals surface area contributed by atoms with Crippen LogP contribution in [0.25, 0.3) is 11.3 Å². The smallest absolute Gasteiger partial charge is 0.324 e. The number of aromatic nitrogens is 1. The number of benzene rings is 2. The predicted molar refractivity (Wildman–Crippen MR) is 126 cm³/mol. The molecule has 0 radical (unpaired) electrons. The summed E-state index contributed by atoms with van der Waals surface area (Å²) in [5, 5.41) is 0.926. The van der Waals surface area contributed by atoms with E-state index in [1.54, 1.807) is 6.20 Å². The maximum atomic E-state index is 15.5. The van der Waals surface area contributed by atoms with E-state index in [9.17, 15) is 4.79 Å². The molecular formula is C22H23FNO2P3. The maximum absolute atomic E-state index is 15.5. The van der Waals surface area contributed by atoms with Crippen molar-refractivity contribution in [3.63, 3.8) is 0 Å². The number of rotatable bonds is 6. The van der Waals surface area contributed by atoms with Crippen LogP contribution in [0.5, 0.6) is 0 Å².